The molecule has 1 unspecified atom stereocenters. The van der Waals surface area contributed by atoms with Crippen molar-refractivity contribution < 1.29 is 8.42 Å². The van der Waals surface area contributed by atoms with Gasteiger partial charge in [0.1, 0.15) is 0 Å². The van der Waals surface area contributed by atoms with Gasteiger partial charge in [-0.3, -0.25) is 0 Å². The highest BCUT2D eigenvalue weighted by molar-refractivity contribution is 7.89. The summed E-state index contributed by atoms with van der Waals surface area (Å²) < 4.78 is 27.5. The zero-order chi connectivity index (χ0) is 14.8. The maximum Gasteiger partial charge on any atom is 0.240 e. The van der Waals surface area contributed by atoms with Gasteiger partial charge >= 0.3 is 0 Å². The molecule has 0 aromatic heterocycles. The van der Waals surface area contributed by atoms with E-state index in [-0.39, 0.29) is 6.04 Å². The molecule has 0 spiro atoms. The number of sulfonamides is 1. The molecule has 0 aliphatic heterocycles. The van der Waals surface area contributed by atoms with Crippen LogP contribution in [0.15, 0.2) is 23.1 Å². The molecule has 0 amide bonds. The molecule has 0 bridgehead atoms. The number of hydrogen-bond acceptors (Lipinski definition) is 2. The Hall–Kier alpha value is -0.580. The summed E-state index contributed by atoms with van der Waals surface area (Å²) >= 11 is 5.87. The molecule has 0 heterocycles. The van der Waals surface area contributed by atoms with E-state index in [0.717, 1.165) is 25.7 Å². The quantitative estimate of drug-likeness (QED) is 0.820. The number of hydrogen-bond donors (Lipinski definition) is 1. The Morgan fingerprint density at radius 1 is 1.25 bits per heavy atom. The fourth-order valence-electron chi connectivity index (χ4n) is 2.71. The molecular weight excluding hydrogens is 294 g/mol. The van der Waals surface area contributed by atoms with Crippen molar-refractivity contribution in [3.8, 4) is 0 Å². The number of nitrogens with one attached hydrogen (secondary N) is 1. The van der Waals surface area contributed by atoms with E-state index in [4.69, 9.17) is 11.6 Å². The molecule has 1 aromatic carbocycles. The predicted molar refractivity (Wildman–Crippen MR) is 82.8 cm³/mol. The summed E-state index contributed by atoms with van der Waals surface area (Å²) in [4.78, 5) is 0.358. The van der Waals surface area contributed by atoms with Crippen LogP contribution >= 0.6 is 11.6 Å². The number of rotatable bonds is 6. The minimum Gasteiger partial charge on any atom is -0.207 e. The first-order chi connectivity index (χ1) is 9.42. The zero-order valence-corrected chi connectivity index (χ0v) is 13.6. The van der Waals surface area contributed by atoms with Crippen LogP contribution in [0.3, 0.4) is 0 Å². The zero-order valence-electron chi connectivity index (χ0n) is 12.0. The molecule has 112 valence electrons. The normalized spacial score (nSPS) is 16.4. The Morgan fingerprint density at radius 3 is 2.60 bits per heavy atom. The lowest BCUT2D eigenvalue weighted by Crippen LogP contribution is -2.37. The van der Waals surface area contributed by atoms with Crippen molar-refractivity contribution in [3.05, 3.63) is 29.3 Å². The fourth-order valence-corrected chi connectivity index (χ4v) is 4.31. The summed E-state index contributed by atoms with van der Waals surface area (Å²) in [6.07, 6.45) is 3.89. The smallest absolute Gasteiger partial charge is 0.207 e. The van der Waals surface area contributed by atoms with E-state index in [1.54, 1.807) is 6.07 Å². The molecule has 2 rings (SSSR count). The third-order valence-electron chi connectivity index (χ3n) is 3.64. The van der Waals surface area contributed by atoms with Crippen LogP contribution in [0, 0.1) is 5.92 Å². The first-order valence-electron chi connectivity index (χ1n) is 7.12. The molecule has 1 aromatic rings. The topological polar surface area (TPSA) is 46.2 Å². The van der Waals surface area contributed by atoms with Gasteiger partial charge in [-0.2, -0.15) is 0 Å². The Kier molecular flexibility index (Phi) is 5.10. The largest absolute Gasteiger partial charge is 0.240 e. The van der Waals surface area contributed by atoms with Crippen LogP contribution in [-0.2, 0) is 22.9 Å². The molecule has 1 N–H and O–H groups in total. The third-order valence-corrected chi connectivity index (χ3v) is 5.53. The van der Waals surface area contributed by atoms with Crippen LogP contribution in [-0.4, -0.2) is 20.3 Å². The van der Waals surface area contributed by atoms with E-state index < -0.39 is 10.0 Å². The van der Waals surface area contributed by atoms with Crippen molar-refractivity contribution in [1.82, 2.24) is 4.72 Å². The van der Waals surface area contributed by atoms with Gasteiger partial charge in [0.25, 0.3) is 0 Å². The van der Waals surface area contributed by atoms with E-state index in [0.29, 0.717) is 16.7 Å². The van der Waals surface area contributed by atoms with Gasteiger partial charge in [0, 0.05) is 11.9 Å². The summed E-state index contributed by atoms with van der Waals surface area (Å²) in [6.45, 7) is 4.12. The monoisotopic (exact) mass is 315 g/mol. The lowest BCUT2D eigenvalue weighted by molar-refractivity contribution is 0.485. The second-order valence-corrected chi connectivity index (χ2v) is 7.91. The van der Waals surface area contributed by atoms with Gasteiger partial charge in [-0.15, -0.1) is 11.6 Å². The van der Waals surface area contributed by atoms with Crippen molar-refractivity contribution in [3.63, 3.8) is 0 Å². The highest BCUT2D eigenvalue weighted by atomic mass is 35.5. The van der Waals surface area contributed by atoms with Gasteiger partial charge < -0.3 is 0 Å². The van der Waals surface area contributed by atoms with Crippen molar-refractivity contribution in [1.29, 1.82) is 0 Å². The van der Waals surface area contributed by atoms with Crippen LogP contribution in [0.25, 0.3) is 0 Å². The molecule has 0 fully saturated rings. The summed E-state index contributed by atoms with van der Waals surface area (Å²) in [5.74, 6) is 0.698. The minimum absolute atomic E-state index is 0.213. The maximum absolute atomic E-state index is 12.4. The molecule has 5 heteroatoms. The molecule has 20 heavy (non-hydrogen) atoms. The average molecular weight is 316 g/mol. The van der Waals surface area contributed by atoms with Crippen molar-refractivity contribution in [2.75, 3.05) is 5.88 Å². The second kappa shape index (κ2) is 6.46. The van der Waals surface area contributed by atoms with Gasteiger partial charge in [-0.05, 0) is 54.9 Å². The Bertz CT molecular complexity index is 569. The Morgan fingerprint density at radius 2 is 1.95 bits per heavy atom. The number of alkyl halides is 1. The van der Waals surface area contributed by atoms with E-state index in [9.17, 15) is 8.42 Å². The second-order valence-electron chi connectivity index (χ2n) is 5.89. The first-order valence-corrected chi connectivity index (χ1v) is 9.14. The summed E-state index contributed by atoms with van der Waals surface area (Å²) in [7, 11) is -3.47. The van der Waals surface area contributed by atoms with Crippen LogP contribution in [0.1, 0.15) is 37.8 Å². The molecule has 1 aliphatic carbocycles. The molecule has 0 saturated heterocycles. The maximum atomic E-state index is 12.4. The SMILES string of the molecule is CC(C)CC(CCl)NS(=O)(=O)c1ccc2c(c1)CCC2. The Labute approximate surface area is 126 Å². The van der Waals surface area contributed by atoms with Gasteiger partial charge in [-0.25, -0.2) is 13.1 Å². The third kappa shape index (κ3) is 3.74. The van der Waals surface area contributed by atoms with Crippen molar-refractivity contribution >= 4 is 21.6 Å². The summed E-state index contributed by atoms with van der Waals surface area (Å²) in [6, 6.07) is 5.24. The Balaban J connectivity index is 2.17. The van der Waals surface area contributed by atoms with Gasteiger partial charge in [0.2, 0.25) is 10.0 Å². The van der Waals surface area contributed by atoms with E-state index in [1.807, 2.05) is 12.1 Å². The molecule has 0 saturated carbocycles. The summed E-state index contributed by atoms with van der Waals surface area (Å²) in [5, 5.41) is 0. The van der Waals surface area contributed by atoms with Gasteiger partial charge in [-0.1, -0.05) is 19.9 Å². The number of aryl methyl sites for hydroxylation is 2. The highest BCUT2D eigenvalue weighted by Gasteiger charge is 2.22. The lowest BCUT2D eigenvalue weighted by atomic mass is 10.1. The van der Waals surface area contributed by atoms with Crippen LogP contribution < -0.4 is 4.72 Å². The van der Waals surface area contributed by atoms with Gasteiger partial charge in [0.15, 0.2) is 0 Å². The van der Waals surface area contributed by atoms with Crippen molar-refractivity contribution in [2.45, 2.75) is 50.5 Å². The van der Waals surface area contributed by atoms with Crippen LogP contribution in [0.4, 0.5) is 0 Å². The predicted octanol–water partition coefficient (Wildman–Crippen LogP) is 3.11. The molecule has 3 nitrogen and oxygen atoms in total. The molecule has 0 radical (unpaired) electrons. The lowest BCUT2D eigenvalue weighted by Gasteiger charge is -2.18. The molecule has 1 aliphatic rings. The number of fused-ring (bicyclic) bond motifs is 1. The number of benzene rings is 1. The highest BCUT2D eigenvalue weighted by Crippen LogP contribution is 2.25. The number of halogens is 1. The van der Waals surface area contributed by atoms with E-state index >= 15 is 0 Å². The molecular formula is C15H22ClNO2S. The van der Waals surface area contributed by atoms with Crippen molar-refractivity contribution in [2.24, 2.45) is 5.92 Å². The molecule has 1 atom stereocenters. The fraction of sp³-hybridized carbons (Fsp3) is 0.600. The van der Waals surface area contributed by atoms with Crippen LogP contribution in [0.2, 0.25) is 0 Å². The minimum atomic E-state index is -3.47. The van der Waals surface area contributed by atoms with E-state index in [2.05, 4.69) is 18.6 Å². The summed E-state index contributed by atoms with van der Waals surface area (Å²) in [5.41, 5.74) is 2.44. The first kappa shape index (κ1) is 15.8. The average Bonchev–Trinajstić information content (AvgIpc) is 2.84. The van der Waals surface area contributed by atoms with E-state index in [1.165, 1.54) is 11.1 Å². The van der Waals surface area contributed by atoms with Gasteiger partial charge in [0.05, 0.1) is 4.90 Å². The van der Waals surface area contributed by atoms with Crippen LogP contribution in [0.5, 0.6) is 0 Å². The standard InChI is InChI=1S/C15H22ClNO2S/c1-11(2)8-14(10-16)17-20(18,19)15-7-6-12-4-3-5-13(12)9-15/h6-7,9,11,14,17H,3-5,8,10H2,1-2H3.